The van der Waals surface area contributed by atoms with E-state index in [1.165, 1.54) is 12.1 Å². The highest BCUT2D eigenvalue weighted by Gasteiger charge is 2.17. The van der Waals surface area contributed by atoms with Gasteiger partial charge in [0.15, 0.2) is 6.29 Å². The van der Waals surface area contributed by atoms with E-state index < -0.39 is 0 Å². The Hall–Kier alpha value is -0.680. The Morgan fingerprint density at radius 2 is 2.18 bits per heavy atom. The van der Waals surface area contributed by atoms with Crippen LogP contribution in [0.2, 0.25) is 5.02 Å². The van der Waals surface area contributed by atoms with E-state index in [0.29, 0.717) is 24.8 Å². The van der Waals surface area contributed by atoms with Crippen molar-refractivity contribution in [1.29, 1.82) is 0 Å². The highest BCUT2D eigenvalue weighted by molar-refractivity contribution is 6.31. The number of rotatable bonds is 4. The Labute approximate surface area is 105 Å². The first-order valence-electron chi connectivity index (χ1n) is 5.58. The van der Waals surface area contributed by atoms with Crippen molar-refractivity contribution >= 4 is 11.6 Å². The summed E-state index contributed by atoms with van der Waals surface area (Å²) in [7, 11) is 0. The van der Waals surface area contributed by atoms with E-state index in [1.54, 1.807) is 6.07 Å². The summed E-state index contributed by atoms with van der Waals surface area (Å²) in [6, 6.07) is 4.43. The molecule has 1 unspecified atom stereocenters. The highest BCUT2D eigenvalue weighted by atomic mass is 35.5. The van der Waals surface area contributed by atoms with Gasteiger partial charge in [-0.25, -0.2) is 4.39 Å². The molecule has 0 saturated carbocycles. The minimum atomic E-state index is -0.326. The normalized spacial score (nSPS) is 18.5. The quantitative estimate of drug-likeness (QED) is 0.901. The van der Waals surface area contributed by atoms with Gasteiger partial charge in [-0.1, -0.05) is 17.7 Å². The lowest BCUT2D eigenvalue weighted by Crippen LogP contribution is -2.29. The second kappa shape index (κ2) is 5.78. The fourth-order valence-corrected chi connectivity index (χ4v) is 2.09. The molecule has 5 heteroatoms. The maximum absolute atomic E-state index is 12.9. The van der Waals surface area contributed by atoms with Crippen molar-refractivity contribution in [2.24, 2.45) is 0 Å². The van der Waals surface area contributed by atoms with Gasteiger partial charge in [0.05, 0.1) is 13.2 Å². The first-order chi connectivity index (χ1) is 8.16. The predicted molar refractivity (Wildman–Crippen MR) is 63.5 cm³/mol. The monoisotopic (exact) mass is 259 g/mol. The molecule has 0 aliphatic carbocycles. The van der Waals surface area contributed by atoms with E-state index in [4.69, 9.17) is 21.1 Å². The molecular weight excluding hydrogens is 245 g/mol. The van der Waals surface area contributed by atoms with E-state index >= 15 is 0 Å². The zero-order chi connectivity index (χ0) is 12.3. The highest BCUT2D eigenvalue weighted by Crippen LogP contribution is 2.23. The van der Waals surface area contributed by atoms with Crippen LogP contribution in [0.15, 0.2) is 18.2 Å². The number of hydrogen-bond donors (Lipinski definition) is 1. The van der Waals surface area contributed by atoms with Gasteiger partial charge in [0.25, 0.3) is 0 Å². The summed E-state index contributed by atoms with van der Waals surface area (Å²) in [6.45, 7) is 3.83. The first-order valence-corrected chi connectivity index (χ1v) is 5.96. The molecule has 0 aromatic heterocycles. The molecule has 1 fully saturated rings. The molecular formula is C12H15ClFNO2. The third-order valence-corrected chi connectivity index (χ3v) is 3.04. The third kappa shape index (κ3) is 3.39. The lowest BCUT2D eigenvalue weighted by Gasteiger charge is -2.18. The van der Waals surface area contributed by atoms with Crippen LogP contribution in [-0.2, 0) is 9.47 Å². The number of ether oxygens (including phenoxy) is 2. The standard InChI is InChI=1S/C12H15ClFNO2/c1-8(15-7-12-16-4-5-17-12)10-3-2-9(14)6-11(10)13/h2-3,6,8,12,15H,4-5,7H2,1H3. The molecule has 1 aliphatic rings. The van der Waals surface area contributed by atoms with E-state index in [2.05, 4.69) is 5.32 Å². The second-order valence-corrected chi connectivity index (χ2v) is 4.37. The van der Waals surface area contributed by atoms with Crippen LogP contribution >= 0.6 is 11.6 Å². The van der Waals surface area contributed by atoms with Crippen LogP contribution in [-0.4, -0.2) is 26.0 Å². The average molecular weight is 260 g/mol. The SMILES string of the molecule is CC(NCC1OCCO1)c1ccc(F)cc1Cl. The first kappa shape index (κ1) is 12.8. The lowest BCUT2D eigenvalue weighted by atomic mass is 10.1. The number of halogens is 2. The molecule has 0 amide bonds. The summed E-state index contributed by atoms with van der Waals surface area (Å²) < 4.78 is 23.5. The zero-order valence-corrected chi connectivity index (χ0v) is 10.3. The van der Waals surface area contributed by atoms with Crippen LogP contribution in [0.5, 0.6) is 0 Å². The maximum atomic E-state index is 12.9. The van der Waals surface area contributed by atoms with Gasteiger partial charge in [-0.15, -0.1) is 0 Å². The number of nitrogens with one attached hydrogen (secondary N) is 1. The van der Waals surface area contributed by atoms with Crippen molar-refractivity contribution in [1.82, 2.24) is 5.32 Å². The smallest absolute Gasteiger partial charge is 0.170 e. The van der Waals surface area contributed by atoms with E-state index in [1.807, 2.05) is 6.92 Å². The summed E-state index contributed by atoms with van der Waals surface area (Å²) in [5.74, 6) is -0.326. The Bertz CT molecular complexity index is 383. The predicted octanol–water partition coefficient (Wildman–Crippen LogP) is 2.50. The fraction of sp³-hybridized carbons (Fsp3) is 0.500. The molecule has 0 spiro atoms. The largest absolute Gasteiger partial charge is 0.349 e. The van der Waals surface area contributed by atoms with Crippen LogP contribution in [0.4, 0.5) is 4.39 Å². The molecule has 94 valence electrons. The van der Waals surface area contributed by atoms with Crippen LogP contribution in [0.3, 0.4) is 0 Å². The number of hydrogen-bond acceptors (Lipinski definition) is 3. The van der Waals surface area contributed by atoms with Crippen molar-refractivity contribution in [3.8, 4) is 0 Å². The zero-order valence-electron chi connectivity index (χ0n) is 9.58. The molecule has 3 nitrogen and oxygen atoms in total. The third-order valence-electron chi connectivity index (χ3n) is 2.71. The second-order valence-electron chi connectivity index (χ2n) is 3.97. The summed E-state index contributed by atoms with van der Waals surface area (Å²) >= 11 is 5.98. The van der Waals surface area contributed by atoms with Crippen molar-refractivity contribution < 1.29 is 13.9 Å². The van der Waals surface area contributed by atoms with Crippen molar-refractivity contribution in [3.05, 3.63) is 34.6 Å². The van der Waals surface area contributed by atoms with Crippen molar-refractivity contribution in [2.45, 2.75) is 19.3 Å². The van der Waals surface area contributed by atoms with E-state index in [-0.39, 0.29) is 18.1 Å². The summed E-state index contributed by atoms with van der Waals surface area (Å²) in [6.07, 6.45) is -0.198. The Morgan fingerprint density at radius 1 is 1.47 bits per heavy atom. The summed E-state index contributed by atoms with van der Waals surface area (Å²) in [4.78, 5) is 0. The van der Waals surface area contributed by atoms with Gasteiger partial charge in [-0.3, -0.25) is 0 Å². The molecule has 1 aromatic carbocycles. The van der Waals surface area contributed by atoms with E-state index in [0.717, 1.165) is 5.56 Å². The van der Waals surface area contributed by atoms with Gasteiger partial charge < -0.3 is 14.8 Å². The Kier molecular flexibility index (Phi) is 4.34. The molecule has 1 atom stereocenters. The molecule has 1 saturated heterocycles. The van der Waals surface area contributed by atoms with Crippen LogP contribution in [0.25, 0.3) is 0 Å². The minimum absolute atomic E-state index is 0.0240. The maximum Gasteiger partial charge on any atom is 0.170 e. The Balaban J connectivity index is 1.91. The fourth-order valence-electron chi connectivity index (χ4n) is 1.76. The number of benzene rings is 1. The summed E-state index contributed by atoms with van der Waals surface area (Å²) in [5, 5.41) is 3.67. The topological polar surface area (TPSA) is 30.5 Å². The van der Waals surface area contributed by atoms with E-state index in [9.17, 15) is 4.39 Å². The molecule has 1 N–H and O–H groups in total. The molecule has 1 heterocycles. The van der Waals surface area contributed by atoms with Crippen molar-refractivity contribution in [2.75, 3.05) is 19.8 Å². The van der Waals surface area contributed by atoms with Crippen LogP contribution in [0, 0.1) is 5.82 Å². The minimum Gasteiger partial charge on any atom is -0.349 e. The molecule has 0 bridgehead atoms. The molecule has 17 heavy (non-hydrogen) atoms. The van der Waals surface area contributed by atoms with Gasteiger partial charge in [0, 0.05) is 17.6 Å². The van der Waals surface area contributed by atoms with Gasteiger partial charge >= 0.3 is 0 Å². The summed E-state index contributed by atoms with van der Waals surface area (Å²) in [5.41, 5.74) is 0.867. The van der Waals surface area contributed by atoms with Crippen LogP contribution < -0.4 is 5.32 Å². The molecule has 1 aliphatic heterocycles. The van der Waals surface area contributed by atoms with Gasteiger partial charge in [-0.05, 0) is 24.6 Å². The molecule has 1 aromatic rings. The molecule has 0 radical (unpaired) electrons. The van der Waals surface area contributed by atoms with Crippen LogP contribution in [0.1, 0.15) is 18.5 Å². The van der Waals surface area contributed by atoms with Gasteiger partial charge in [0.1, 0.15) is 5.82 Å². The van der Waals surface area contributed by atoms with Gasteiger partial charge in [0.2, 0.25) is 0 Å². The average Bonchev–Trinajstić information content (AvgIpc) is 2.78. The van der Waals surface area contributed by atoms with Gasteiger partial charge in [-0.2, -0.15) is 0 Å². The Morgan fingerprint density at radius 3 is 2.82 bits per heavy atom. The van der Waals surface area contributed by atoms with Crippen molar-refractivity contribution in [3.63, 3.8) is 0 Å². The lowest BCUT2D eigenvalue weighted by molar-refractivity contribution is -0.0403. The molecule has 2 rings (SSSR count).